The van der Waals surface area contributed by atoms with Gasteiger partial charge in [-0.1, -0.05) is 0 Å². The van der Waals surface area contributed by atoms with E-state index in [0.29, 0.717) is 54.5 Å². The summed E-state index contributed by atoms with van der Waals surface area (Å²) in [6.45, 7) is 0.720. The van der Waals surface area contributed by atoms with Gasteiger partial charge in [0.2, 0.25) is 5.91 Å². The van der Waals surface area contributed by atoms with E-state index in [4.69, 9.17) is 14.2 Å². The van der Waals surface area contributed by atoms with Crippen LogP contribution in [0.25, 0.3) is 0 Å². The van der Waals surface area contributed by atoms with Gasteiger partial charge >= 0.3 is 5.97 Å². The number of hydrogen-bond acceptors (Lipinski definition) is 6. The van der Waals surface area contributed by atoms with Crippen molar-refractivity contribution in [2.75, 3.05) is 30.5 Å². The highest BCUT2D eigenvalue weighted by atomic mass is 16.5. The number of aryl methyl sites for hydroxylation is 1. The van der Waals surface area contributed by atoms with Crippen LogP contribution in [0.15, 0.2) is 36.4 Å². The lowest BCUT2D eigenvalue weighted by atomic mass is 10.0. The molecule has 0 spiro atoms. The molecule has 150 valence electrons. The molecular formula is C21H20N2O6. The van der Waals surface area contributed by atoms with Crippen LogP contribution in [0.1, 0.15) is 28.8 Å². The largest absolute Gasteiger partial charge is 0.490 e. The van der Waals surface area contributed by atoms with Gasteiger partial charge in [-0.3, -0.25) is 9.59 Å². The van der Waals surface area contributed by atoms with Crippen molar-refractivity contribution in [3.05, 3.63) is 47.5 Å². The van der Waals surface area contributed by atoms with Crippen LogP contribution in [0.5, 0.6) is 11.5 Å². The molecule has 8 nitrogen and oxygen atoms in total. The van der Waals surface area contributed by atoms with Crippen LogP contribution >= 0.6 is 0 Å². The van der Waals surface area contributed by atoms with Crippen LogP contribution in [-0.2, 0) is 20.7 Å². The number of fused-ring (bicyclic) bond motifs is 2. The molecule has 0 atom stereocenters. The Morgan fingerprint density at radius 3 is 2.72 bits per heavy atom. The first-order chi connectivity index (χ1) is 14.1. The van der Waals surface area contributed by atoms with E-state index in [1.165, 1.54) is 0 Å². The molecule has 2 aliphatic rings. The first-order valence-electron chi connectivity index (χ1n) is 9.38. The van der Waals surface area contributed by atoms with Crippen molar-refractivity contribution < 1.29 is 28.6 Å². The van der Waals surface area contributed by atoms with Crippen molar-refractivity contribution in [2.24, 2.45) is 0 Å². The zero-order chi connectivity index (χ0) is 20.2. The smallest absolute Gasteiger partial charge is 0.338 e. The number of esters is 1. The Balaban J connectivity index is 1.33. The van der Waals surface area contributed by atoms with Crippen molar-refractivity contribution in [1.29, 1.82) is 0 Å². The van der Waals surface area contributed by atoms with Crippen LogP contribution in [0.2, 0.25) is 0 Å². The number of carbonyl (C=O) groups is 3. The van der Waals surface area contributed by atoms with Gasteiger partial charge in [0.05, 0.1) is 18.8 Å². The molecule has 0 unspecified atom stereocenters. The fourth-order valence-corrected chi connectivity index (χ4v) is 3.16. The van der Waals surface area contributed by atoms with Crippen LogP contribution in [0.3, 0.4) is 0 Å². The molecule has 2 heterocycles. The fraction of sp³-hybridized carbons (Fsp3) is 0.286. The topological polar surface area (TPSA) is 103 Å². The van der Waals surface area contributed by atoms with Crippen molar-refractivity contribution in [3.8, 4) is 11.5 Å². The predicted molar refractivity (Wildman–Crippen MR) is 104 cm³/mol. The third kappa shape index (κ3) is 4.48. The second-order valence-corrected chi connectivity index (χ2v) is 6.76. The molecule has 0 aromatic heterocycles. The van der Waals surface area contributed by atoms with E-state index in [0.717, 1.165) is 12.0 Å². The van der Waals surface area contributed by atoms with Crippen molar-refractivity contribution >= 4 is 29.2 Å². The van der Waals surface area contributed by atoms with E-state index < -0.39 is 18.5 Å². The summed E-state index contributed by atoms with van der Waals surface area (Å²) in [4.78, 5) is 35.8. The Bertz CT molecular complexity index is 972. The van der Waals surface area contributed by atoms with Gasteiger partial charge in [0.25, 0.3) is 5.91 Å². The van der Waals surface area contributed by atoms with Gasteiger partial charge in [0, 0.05) is 30.3 Å². The third-order valence-corrected chi connectivity index (χ3v) is 4.60. The molecule has 2 aromatic rings. The van der Waals surface area contributed by atoms with E-state index in [9.17, 15) is 14.4 Å². The molecule has 2 aliphatic heterocycles. The van der Waals surface area contributed by atoms with E-state index in [2.05, 4.69) is 10.6 Å². The van der Waals surface area contributed by atoms with E-state index in [-0.39, 0.29) is 5.91 Å². The fourth-order valence-electron chi connectivity index (χ4n) is 3.16. The Kier molecular flexibility index (Phi) is 5.33. The summed E-state index contributed by atoms with van der Waals surface area (Å²) in [6, 6.07) is 10.0. The molecule has 8 heteroatoms. The molecule has 2 amide bonds. The van der Waals surface area contributed by atoms with Crippen molar-refractivity contribution in [3.63, 3.8) is 0 Å². The zero-order valence-electron chi connectivity index (χ0n) is 15.7. The second-order valence-electron chi connectivity index (χ2n) is 6.76. The molecule has 29 heavy (non-hydrogen) atoms. The van der Waals surface area contributed by atoms with Gasteiger partial charge < -0.3 is 24.8 Å². The lowest BCUT2D eigenvalue weighted by Crippen LogP contribution is -2.22. The van der Waals surface area contributed by atoms with Gasteiger partial charge in [-0.05, 0) is 42.3 Å². The quantitative estimate of drug-likeness (QED) is 0.770. The summed E-state index contributed by atoms with van der Waals surface area (Å²) in [7, 11) is 0. The number of carbonyl (C=O) groups excluding carboxylic acids is 3. The second kappa shape index (κ2) is 8.22. The van der Waals surface area contributed by atoms with Gasteiger partial charge in [-0.2, -0.15) is 0 Å². The van der Waals surface area contributed by atoms with E-state index in [1.54, 1.807) is 36.4 Å². The summed E-state index contributed by atoms with van der Waals surface area (Å²) in [5.41, 5.74) is 2.43. The summed E-state index contributed by atoms with van der Waals surface area (Å²) >= 11 is 0. The maximum absolute atomic E-state index is 12.3. The number of ether oxygens (including phenoxy) is 3. The highest BCUT2D eigenvalue weighted by Gasteiger charge is 2.18. The molecule has 0 bridgehead atoms. The minimum atomic E-state index is -0.599. The molecule has 0 aliphatic carbocycles. The number of amides is 2. The number of benzene rings is 2. The highest BCUT2D eigenvalue weighted by molar-refractivity contribution is 5.97. The first kappa shape index (κ1) is 18.8. The summed E-state index contributed by atoms with van der Waals surface area (Å²) < 4.78 is 16.3. The van der Waals surface area contributed by atoms with Crippen LogP contribution < -0.4 is 20.1 Å². The molecule has 4 rings (SSSR count). The average Bonchev–Trinajstić information content (AvgIpc) is 2.96. The number of anilines is 2. The monoisotopic (exact) mass is 396 g/mol. The Hall–Kier alpha value is -3.55. The molecule has 0 saturated carbocycles. The molecular weight excluding hydrogens is 376 g/mol. The summed E-state index contributed by atoms with van der Waals surface area (Å²) in [5.74, 6) is 0.102. The summed E-state index contributed by atoms with van der Waals surface area (Å²) in [6.07, 6.45) is 1.73. The molecule has 0 radical (unpaired) electrons. The van der Waals surface area contributed by atoms with Gasteiger partial charge in [0.1, 0.15) is 0 Å². The molecule has 0 saturated heterocycles. The van der Waals surface area contributed by atoms with E-state index in [1.807, 2.05) is 0 Å². The number of hydrogen-bond donors (Lipinski definition) is 2. The van der Waals surface area contributed by atoms with Crippen molar-refractivity contribution in [2.45, 2.75) is 19.3 Å². The van der Waals surface area contributed by atoms with E-state index >= 15 is 0 Å². The SMILES string of the molecule is O=C(COC(=O)c1ccc2c(c1)CCC(=O)N2)Nc1ccc2c(c1)OCCCO2. The Morgan fingerprint density at radius 1 is 1.03 bits per heavy atom. The number of rotatable bonds is 4. The molecule has 2 aromatic carbocycles. The van der Waals surface area contributed by atoms with Crippen LogP contribution in [-0.4, -0.2) is 37.6 Å². The van der Waals surface area contributed by atoms with Crippen LogP contribution in [0.4, 0.5) is 11.4 Å². The standard InChI is InChI=1S/C21H20N2O6/c24-19-7-3-13-10-14(2-5-16(13)23-19)21(26)29-12-20(25)22-15-4-6-17-18(11-15)28-9-1-8-27-17/h2,4-6,10-11H,1,3,7-9,12H2,(H,22,25)(H,23,24). The third-order valence-electron chi connectivity index (χ3n) is 4.60. The van der Waals surface area contributed by atoms with Crippen LogP contribution in [0, 0.1) is 0 Å². The average molecular weight is 396 g/mol. The van der Waals surface area contributed by atoms with Gasteiger partial charge in [0.15, 0.2) is 18.1 Å². The molecule has 0 fully saturated rings. The lowest BCUT2D eigenvalue weighted by molar-refractivity contribution is -0.119. The van der Waals surface area contributed by atoms with Crippen molar-refractivity contribution in [1.82, 2.24) is 0 Å². The zero-order valence-corrected chi connectivity index (χ0v) is 15.7. The Labute approximate surface area is 167 Å². The summed E-state index contributed by atoms with van der Waals surface area (Å²) in [5, 5.41) is 5.43. The molecule has 2 N–H and O–H groups in total. The lowest BCUT2D eigenvalue weighted by Gasteiger charge is -2.17. The highest BCUT2D eigenvalue weighted by Crippen LogP contribution is 2.32. The normalized spacial score (nSPS) is 14.8. The first-order valence-corrected chi connectivity index (χ1v) is 9.38. The minimum Gasteiger partial charge on any atom is -0.490 e. The number of nitrogens with one attached hydrogen (secondary N) is 2. The minimum absolute atomic E-state index is 0.0424. The van der Waals surface area contributed by atoms with Gasteiger partial charge in [-0.15, -0.1) is 0 Å². The maximum atomic E-state index is 12.3. The predicted octanol–water partition coefficient (Wildman–Crippen LogP) is 2.53. The van der Waals surface area contributed by atoms with Gasteiger partial charge in [-0.25, -0.2) is 4.79 Å². The Morgan fingerprint density at radius 2 is 1.86 bits per heavy atom. The maximum Gasteiger partial charge on any atom is 0.338 e.